The first kappa shape index (κ1) is 17.0. The topological polar surface area (TPSA) is 75.6 Å². The molecule has 0 aliphatic heterocycles. The summed E-state index contributed by atoms with van der Waals surface area (Å²) in [6.45, 7) is 3.22. The van der Waals surface area contributed by atoms with Crippen LogP contribution in [0.4, 0.5) is 5.69 Å². The van der Waals surface area contributed by atoms with Crippen molar-refractivity contribution < 1.29 is 19.4 Å². The van der Waals surface area contributed by atoms with Gasteiger partial charge in [-0.1, -0.05) is 27.6 Å². The molecule has 0 fully saturated rings. The van der Waals surface area contributed by atoms with Crippen molar-refractivity contribution in [2.24, 2.45) is 0 Å². The molecule has 0 aliphatic rings. The van der Waals surface area contributed by atoms with Gasteiger partial charge in [-0.05, 0) is 49.7 Å². The normalized spacial score (nSPS) is 10.2. The predicted octanol–water partition coefficient (Wildman–Crippen LogP) is 3.57. The van der Waals surface area contributed by atoms with Crippen LogP contribution in [0.15, 0.2) is 40.9 Å². The number of esters is 1. The maximum Gasteiger partial charge on any atom is 0.342 e. The van der Waals surface area contributed by atoms with Crippen LogP contribution in [-0.2, 0) is 9.53 Å². The number of ether oxygens (including phenoxy) is 1. The number of nitrogens with one attached hydrogen (secondary N) is 1. The minimum absolute atomic E-state index is 0.0395. The number of halogens is 1. The Hall–Kier alpha value is -2.34. The molecule has 0 saturated carbocycles. The van der Waals surface area contributed by atoms with Crippen molar-refractivity contribution in [3.05, 3.63) is 57.6 Å². The maximum absolute atomic E-state index is 11.9. The number of amides is 1. The number of phenolic OH excluding ortho intramolecular Hbond substituents is 1. The molecular weight excluding hydrogens is 362 g/mol. The van der Waals surface area contributed by atoms with Gasteiger partial charge < -0.3 is 15.2 Å². The van der Waals surface area contributed by atoms with Crippen LogP contribution in [0.2, 0.25) is 0 Å². The third-order valence-electron chi connectivity index (χ3n) is 3.17. The Bertz CT molecular complexity index is 758. The van der Waals surface area contributed by atoms with E-state index in [9.17, 15) is 14.7 Å². The molecule has 0 radical (unpaired) electrons. The summed E-state index contributed by atoms with van der Waals surface area (Å²) in [5.41, 5.74) is 2.38. The van der Waals surface area contributed by atoms with Gasteiger partial charge in [0, 0.05) is 10.2 Å². The van der Waals surface area contributed by atoms with E-state index in [2.05, 4.69) is 21.2 Å². The molecule has 120 valence electrons. The molecule has 5 nitrogen and oxygen atoms in total. The van der Waals surface area contributed by atoms with Crippen molar-refractivity contribution in [2.75, 3.05) is 11.9 Å². The zero-order chi connectivity index (χ0) is 17.0. The van der Waals surface area contributed by atoms with Crippen molar-refractivity contribution in [1.29, 1.82) is 0 Å². The predicted molar refractivity (Wildman–Crippen MR) is 90.6 cm³/mol. The summed E-state index contributed by atoms with van der Waals surface area (Å²) in [5, 5.41) is 12.3. The van der Waals surface area contributed by atoms with Gasteiger partial charge in [0.25, 0.3) is 5.91 Å². The second-order valence-corrected chi connectivity index (χ2v) is 6.02. The molecule has 0 unspecified atom stereocenters. The van der Waals surface area contributed by atoms with Crippen molar-refractivity contribution in [1.82, 2.24) is 0 Å². The Morgan fingerprint density at radius 3 is 2.61 bits per heavy atom. The Kier molecular flexibility index (Phi) is 5.39. The fourth-order valence-corrected chi connectivity index (χ4v) is 2.45. The minimum Gasteiger partial charge on any atom is -0.507 e. The Morgan fingerprint density at radius 1 is 1.17 bits per heavy atom. The standard InChI is InChI=1S/C17H16BrNO4/c1-10-3-6-15(20)13(7-10)17(22)23-9-16(21)19-14-5-4-12(18)8-11(14)2/h3-8,20H,9H2,1-2H3,(H,19,21). The van der Waals surface area contributed by atoms with E-state index in [4.69, 9.17) is 4.74 Å². The summed E-state index contributed by atoms with van der Waals surface area (Å²) in [6, 6.07) is 10.0. The number of carbonyl (C=O) groups excluding carboxylic acids is 2. The van der Waals surface area contributed by atoms with Gasteiger partial charge in [-0.15, -0.1) is 0 Å². The molecule has 2 aromatic rings. The summed E-state index contributed by atoms with van der Waals surface area (Å²) < 4.78 is 5.85. The van der Waals surface area contributed by atoms with Crippen LogP contribution in [0, 0.1) is 13.8 Å². The number of carbonyl (C=O) groups is 2. The van der Waals surface area contributed by atoms with Crippen LogP contribution >= 0.6 is 15.9 Å². The summed E-state index contributed by atoms with van der Waals surface area (Å²) in [5.74, 6) is -1.37. The van der Waals surface area contributed by atoms with Crippen molar-refractivity contribution in [3.63, 3.8) is 0 Å². The molecular formula is C17H16BrNO4. The lowest BCUT2D eigenvalue weighted by atomic mass is 10.1. The van der Waals surface area contributed by atoms with E-state index in [1.165, 1.54) is 12.1 Å². The third-order valence-corrected chi connectivity index (χ3v) is 3.66. The van der Waals surface area contributed by atoms with Gasteiger partial charge in [-0.3, -0.25) is 4.79 Å². The number of hydrogen-bond acceptors (Lipinski definition) is 4. The monoisotopic (exact) mass is 377 g/mol. The molecule has 2 N–H and O–H groups in total. The minimum atomic E-state index is -0.742. The van der Waals surface area contributed by atoms with Gasteiger partial charge in [0.1, 0.15) is 11.3 Å². The van der Waals surface area contributed by atoms with E-state index in [0.717, 1.165) is 15.6 Å². The van der Waals surface area contributed by atoms with Crippen molar-refractivity contribution in [3.8, 4) is 5.75 Å². The lowest BCUT2D eigenvalue weighted by Gasteiger charge is -2.10. The van der Waals surface area contributed by atoms with Crippen LogP contribution in [0.3, 0.4) is 0 Å². The van der Waals surface area contributed by atoms with E-state index in [0.29, 0.717) is 5.69 Å². The molecule has 2 rings (SSSR count). The average molecular weight is 378 g/mol. The van der Waals surface area contributed by atoms with Crippen molar-refractivity contribution >= 4 is 33.5 Å². The molecule has 6 heteroatoms. The summed E-state index contributed by atoms with van der Waals surface area (Å²) in [7, 11) is 0. The first-order valence-corrected chi connectivity index (χ1v) is 7.69. The smallest absolute Gasteiger partial charge is 0.342 e. The maximum atomic E-state index is 11.9. The number of anilines is 1. The molecule has 0 aliphatic carbocycles. The van der Waals surface area contributed by atoms with Crippen LogP contribution < -0.4 is 5.32 Å². The Morgan fingerprint density at radius 2 is 1.91 bits per heavy atom. The molecule has 0 spiro atoms. The number of aromatic hydroxyl groups is 1. The molecule has 0 atom stereocenters. The summed E-state index contributed by atoms with van der Waals surface area (Å²) >= 11 is 3.35. The largest absolute Gasteiger partial charge is 0.507 e. The number of hydrogen-bond donors (Lipinski definition) is 2. The van der Waals surface area contributed by atoms with Crippen LogP contribution in [-0.4, -0.2) is 23.6 Å². The van der Waals surface area contributed by atoms with E-state index >= 15 is 0 Å². The fraction of sp³-hybridized carbons (Fsp3) is 0.176. The fourth-order valence-electron chi connectivity index (χ4n) is 1.98. The molecule has 0 aromatic heterocycles. The highest BCUT2D eigenvalue weighted by atomic mass is 79.9. The number of aryl methyl sites for hydroxylation is 2. The molecule has 23 heavy (non-hydrogen) atoms. The highest BCUT2D eigenvalue weighted by Crippen LogP contribution is 2.21. The Balaban J connectivity index is 1.96. The van der Waals surface area contributed by atoms with Gasteiger partial charge >= 0.3 is 5.97 Å². The summed E-state index contributed by atoms with van der Waals surface area (Å²) in [4.78, 5) is 23.8. The molecule has 0 bridgehead atoms. The average Bonchev–Trinajstić information content (AvgIpc) is 2.50. The molecule has 1 amide bonds. The van der Waals surface area contributed by atoms with E-state index in [-0.39, 0.29) is 11.3 Å². The molecule has 2 aromatic carbocycles. The molecule has 0 heterocycles. The highest BCUT2D eigenvalue weighted by Gasteiger charge is 2.15. The van der Waals surface area contributed by atoms with E-state index < -0.39 is 18.5 Å². The second kappa shape index (κ2) is 7.28. The highest BCUT2D eigenvalue weighted by molar-refractivity contribution is 9.10. The van der Waals surface area contributed by atoms with Gasteiger partial charge in [0.15, 0.2) is 6.61 Å². The summed E-state index contributed by atoms with van der Waals surface area (Å²) in [6.07, 6.45) is 0. The van der Waals surface area contributed by atoms with Crippen LogP contribution in [0.25, 0.3) is 0 Å². The SMILES string of the molecule is Cc1ccc(O)c(C(=O)OCC(=O)Nc2ccc(Br)cc2C)c1. The number of rotatable bonds is 4. The number of phenols is 1. The van der Waals surface area contributed by atoms with E-state index in [1.54, 1.807) is 25.1 Å². The zero-order valence-corrected chi connectivity index (χ0v) is 14.3. The second-order valence-electron chi connectivity index (χ2n) is 5.10. The quantitative estimate of drug-likeness (QED) is 0.798. The molecule has 0 saturated heterocycles. The lowest BCUT2D eigenvalue weighted by Crippen LogP contribution is -2.21. The zero-order valence-electron chi connectivity index (χ0n) is 12.7. The van der Waals surface area contributed by atoms with Gasteiger partial charge in [0.2, 0.25) is 0 Å². The Labute approximate surface area is 142 Å². The van der Waals surface area contributed by atoms with Gasteiger partial charge in [-0.2, -0.15) is 0 Å². The first-order valence-electron chi connectivity index (χ1n) is 6.89. The lowest BCUT2D eigenvalue weighted by molar-refractivity contribution is -0.119. The first-order chi connectivity index (χ1) is 10.9. The van der Waals surface area contributed by atoms with Crippen molar-refractivity contribution in [2.45, 2.75) is 13.8 Å². The van der Waals surface area contributed by atoms with Crippen LogP contribution in [0.5, 0.6) is 5.75 Å². The number of benzene rings is 2. The van der Waals surface area contributed by atoms with Gasteiger partial charge in [0.05, 0.1) is 0 Å². The van der Waals surface area contributed by atoms with E-state index in [1.807, 2.05) is 13.0 Å². The van der Waals surface area contributed by atoms with Gasteiger partial charge in [-0.25, -0.2) is 4.79 Å². The third kappa shape index (κ3) is 4.56. The van der Waals surface area contributed by atoms with Crippen LogP contribution in [0.1, 0.15) is 21.5 Å².